The number of rotatable bonds is 5. The van der Waals surface area contributed by atoms with Gasteiger partial charge in [-0.3, -0.25) is 4.79 Å². The molecule has 8 heteroatoms. The Balaban J connectivity index is 1.67. The van der Waals surface area contributed by atoms with Crippen LogP contribution >= 0.6 is 11.8 Å². The van der Waals surface area contributed by atoms with Crippen LogP contribution in [0.3, 0.4) is 0 Å². The summed E-state index contributed by atoms with van der Waals surface area (Å²) in [4.78, 5) is 27.9. The third kappa shape index (κ3) is 5.18. The van der Waals surface area contributed by atoms with Crippen LogP contribution in [0, 0.1) is 5.82 Å². The number of carbonyl (C=O) groups excluding carboxylic acids is 2. The van der Waals surface area contributed by atoms with Crippen molar-refractivity contribution in [2.24, 2.45) is 4.99 Å². The molecule has 2 aromatic rings. The van der Waals surface area contributed by atoms with Crippen molar-refractivity contribution in [3.8, 4) is 5.75 Å². The Kier molecular flexibility index (Phi) is 5.87. The van der Waals surface area contributed by atoms with Crippen molar-refractivity contribution >= 4 is 40.6 Å². The number of methoxy groups -OCH3 is 1. The van der Waals surface area contributed by atoms with Crippen LogP contribution in [0.1, 0.15) is 5.56 Å². The fourth-order valence-electron chi connectivity index (χ4n) is 2.13. The van der Waals surface area contributed by atoms with Crippen LogP contribution in [0.2, 0.25) is 0 Å². The van der Waals surface area contributed by atoms with Gasteiger partial charge in [0.1, 0.15) is 11.6 Å². The van der Waals surface area contributed by atoms with E-state index in [1.807, 2.05) is 0 Å². The molecule has 6 nitrogen and oxygen atoms in total. The summed E-state index contributed by atoms with van der Waals surface area (Å²) in [6.07, 6.45) is 1.72. The van der Waals surface area contributed by atoms with E-state index in [0.717, 1.165) is 5.56 Å². The molecule has 27 heavy (non-hydrogen) atoms. The van der Waals surface area contributed by atoms with Crippen molar-refractivity contribution in [3.63, 3.8) is 0 Å². The van der Waals surface area contributed by atoms with Gasteiger partial charge in [-0.2, -0.15) is 0 Å². The molecule has 0 atom stereocenters. The monoisotopic (exact) mass is 386 g/mol. The molecule has 1 aliphatic rings. The number of halogens is 1. The number of nitrogens with zero attached hydrogens (tertiary/aromatic N) is 1. The lowest BCUT2D eigenvalue weighted by Crippen LogP contribution is -2.19. The van der Waals surface area contributed by atoms with Crippen molar-refractivity contribution in [1.82, 2.24) is 5.32 Å². The maximum atomic E-state index is 12.9. The first-order valence-corrected chi connectivity index (χ1v) is 8.70. The molecule has 0 aromatic heterocycles. The van der Waals surface area contributed by atoms with Gasteiger partial charge in [0.2, 0.25) is 0 Å². The molecule has 1 aliphatic heterocycles. The molecule has 0 saturated carbocycles. The highest BCUT2D eigenvalue weighted by molar-refractivity contribution is 8.18. The number of aliphatic imine (C=N–C) groups is 1. The standard InChI is InChI=1S/C19H15FN2O4S/c1-25-17(23)11-26-15-8-2-12(3-9-15)10-16-18(24)22-19(27-16)21-14-6-4-13(20)5-7-14/h2-10H,11H2,1H3,(H,21,22,24)/b16-10-. The van der Waals surface area contributed by atoms with Crippen LogP contribution in [0.15, 0.2) is 58.4 Å². The molecule has 1 amide bonds. The molecule has 1 saturated heterocycles. The number of amides is 1. The molecule has 0 spiro atoms. The van der Waals surface area contributed by atoms with Crippen LogP contribution in [-0.2, 0) is 14.3 Å². The first-order chi connectivity index (χ1) is 13.0. The summed E-state index contributed by atoms with van der Waals surface area (Å²) in [5, 5.41) is 3.10. The van der Waals surface area contributed by atoms with Crippen LogP contribution in [0.5, 0.6) is 5.75 Å². The van der Waals surface area contributed by atoms with Crippen molar-refractivity contribution < 1.29 is 23.5 Å². The topological polar surface area (TPSA) is 77.0 Å². The summed E-state index contributed by atoms with van der Waals surface area (Å²) in [5.41, 5.74) is 1.34. The lowest BCUT2D eigenvalue weighted by Gasteiger charge is -2.04. The highest BCUT2D eigenvalue weighted by atomic mass is 32.2. The first-order valence-electron chi connectivity index (χ1n) is 7.88. The summed E-state index contributed by atoms with van der Waals surface area (Å²) in [5.74, 6) is -0.550. The highest BCUT2D eigenvalue weighted by Crippen LogP contribution is 2.28. The zero-order valence-electron chi connectivity index (χ0n) is 14.3. The molecular weight excluding hydrogens is 371 g/mol. The predicted octanol–water partition coefficient (Wildman–Crippen LogP) is 3.27. The predicted molar refractivity (Wildman–Crippen MR) is 101 cm³/mol. The summed E-state index contributed by atoms with van der Waals surface area (Å²) in [6.45, 7) is -0.168. The average molecular weight is 386 g/mol. The quantitative estimate of drug-likeness (QED) is 0.630. The maximum Gasteiger partial charge on any atom is 0.343 e. The Labute approximate surface area is 159 Å². The van der Waals surface area contributed by atoms with E-state index < -0.39 is 5.97 Å². The third-order valence-corrected chi connectivity index (χ3v) is 4.38. The smallest absolute Gasteiger partial charge is 0.343 e. The highest BCUT2D eigenvalue weighted by Gasteiger charge is 2.23. The van der Waals surface area contributed by atoms with E-state index >= 15 is 0 Å². The van der Waals surface area contributed by atoms with Crippen molar-refractivity contribution in [2.75, 3.05) is 13.7 Å². The Bertz CT molecular complexity index is 908. The number of amidine groups is 1. The van der Waals surface area contributed by atoms with Gasteiger partial charge in [0.25, 0.3) is 5.91 Å². The lowest BCUT2D eigenvalue weighted by atomic mass is 10.2. The van der Waals surface area contributed by atoms with Gasteiger partial charge in [-0.1, -0.05) is 12.1 Å². The number of ether oxygens (including phenoxy) is 2. The lowest BCUT2D eigenvalue weighted by molar-refractivity contribution is -0.142. The van der Waals surface area contributed by atoms with E-state index in [4.69, 9.17) is 4.74 Å². The minimum atomic E-state index is -0.465. The van der Waals surface area contributed by atoms with Gasteiger partial charge in [-0.05, 0) is 59.8 Å². The fraction of sp³-hybridized carbons (Fsp3) is 0.105. The van der Waals surface area contributed by atoms with E-state index in [0.29, 0.717) is 21.5 Å². The van der Waals surface area contributed by atoms with Crippen molar-refractivity contribution in [1.29, 1.82) is 0 Å². The number of benzene rings is 2. The molecule has 0 bridgehead atoms. The first kappa shape index (κ1) is 18.7. The van der Waals surface area contributed by atoms with Crippen molar-refractivity contribution in [3.05, 3.63) is 64.8 Å². The molecule has 1 heterocycles. The molecule has 0 unspecified atom stereocenters. The SMILES string of the molecule is COC(=O)COc1ccc(/C=C2\SC(=Nc3ccc(F)cc3)NC2=O)cc1. The van der Waals surface area contributed by atoms with Gasteiger partial charge in [0, 0.05) is 0 Å². The second-order valence-electron chi connectivity index (χ2n) is 5.39. The Morgan fingerprint density at radius 2 is 1.89 bits per heavy atom. The molecule has 0 aliphatic carbocycles. The van der Waals surface area contributed by atoms with Gasteiger partial charge in [0.05, 0.1) is 17.7 Å². The zero-order chi connectivity index (χ0) is 19.2. The van der Waals surface area contributed by atoms with Gasteiger partial charge >= 0.3 is 5.97 Å². The number of hydrogen-bond acceptors (Lipinski definition) is 6. The van der Waals surface area contributed by atoms with Gasteiger partial charge < -0.3 is 14.8 Å². The second-order valence-corrected chi connectivity index (χ2v) is 6.42. The Hall–Kier alpha value is -3.13. The van der Waals surface area contributed by atoms with E-state index in [-0.39, 0.29) is 18.3 Å². The number of esters is 1. The molecule has 0 radical (unpaired) electrons. The summed E-state index contributed by atoms with van der Waals surface area (Å²) in [6, 6.07) is 12.6. The Morgan fingerprint density at radius 1 is 1.19 bits per heavy atom. The molecular formula is C19H15FN2O4S. The zero-order valence-corrected chi connectivity index (χ0v) is 15.1. The largest absolute Gasteiger partial charge is 0.482 e. The normalized spacial score (nSPS) is 16.4. The minimum Gasteiger partial charge on any atom is -0.482 e. The van der Waals surface area contributed by atoms with Crippen molar-refractivity contribution in [2.45, 2.75) is 0 Å². The summed E-state index contributed by atoms with van der Waals surface area (Å²) >= 11 is 1.20. The second kappa shape index (κ2) is 8.50. The van der Waals surface area contributed by atoms with Crippen LogP contribution < -0.4 is 10.1 Å². The summed E-state index contributed by atoms with van der Waals surface area (Å²) in [7, 11) is 1.29. The Morgan fingerprint density at radius 3 is 2.56 bits per heavy atom. The molecule has 1 N–H and O–H groups in total. The number of thioether (sulfide) groups is 1. The maximum absolute atomic E-state index is 12.9. The van der Waals surface area contributed by atoms with Gasteiger partial charge in [0.15, 0.2) is 11.8 Å². The molecule has 2 aromatic carbocycles. The van der Waals surface area contributed by atoms with E-state index in [9.17, 15) is 14.0 Å². The van der Waals surface area contributed by atoms with Crippen LogP contribution in [0.25, 0.3) is 6.08 Å². The van der Waals surface area contributed by atoms with Gasteiger partial charge in [-0.15, -0.1) is 0 Å². The number of nitrogens with one attached hydrogen (secondary N) is 1. The third-order valence-electron chi connectivity index (χ3n) is 3.47. The van der Waals surface area contributed by atoms with Gasteiger partial charge in [-0.25, -0.2) is 14.2 Å². The van der Waals surface area contributed by atoms with E-state index in [1.165, 1.54) is 43.1 Å². The minimum absolute atomic E-state index is 0.168. The van der Waals surface area contributed by atoms with E-state index in [1.54, 1.807) is 30.3 Å². The molecule has 3 rings (SSSR count). The van der Waals surface area contributed by atoms with Crippen LogP contribution in [0.4, 0.5) is 10.1 Å². The summed E-state index contributed by atoms with van der Waals surface area (Å²) < 4.78 is 22.7. The average Bonchev–Trinajstić information content (AvgIpc) is 3.01. The number of hydrogen-bond donors (Lipinski definition) is 1. The fourth-order valence-corrected chi connectivity index (χ4v) is 2.97. The molecule has 1 fully saturated rings. The number of carbonyl (C=O) groups is 2. The van der Waals surface area contributed by atoms with E-state index in [2.05, 4.69) is 15.0 Å². The van der Waals surface area contributed by atoms with Crippen LogP contribution in [-0.4, -0.2) is 30.8 Å². The molecule has 138 valence electrons.